The maximum Gasteiger partial charge on any atom is 0.328 e. The summed E-state index contributed by atoms with van der Waals surface area (Å²) >= 11 is 0. The van der Waals surface area contributed by atoms with Gasteiger partial charge in [-0.15, -0.1) is 0 Å². The fourth-order valence-corrected chi connectivity index (χ4v) is 1.96. The number of nitrogens with zero attached hydrogens (tertiary/aromatic N) is 1. The van der Waals surface area contributed by atoms with Crippen molar-refractivity contribution in [2.24, 2.45) is 0 Å². The number of aromatic amines is 2. The van der Waals surface area contributed by atoms with E-state index >= 15 is 0 Å². The summed E-state index contributed by atoms with van der Waals surface area (Å²) < 4.78 is 5.38. The molecule has 0 bridgehead atoms. The third-order valence-electron chi connectivity index (χ3n) is 2.84. The topological polar surface area (TPSA) is 118 Å². The molecule has 1 aliphatic heterocycles. The summed E-state index contributed by atoms with van der Waals surface area (Å²) in [6.45, 7) is 0. The van der Waals surface area contributed by atoms with Crippen LogP contribution in [0.5, 0.6) is 11.6 Å². The Bertz CT molecular complexity index is 805. The summed E-state index contributed by atoms with van der Waals surface area (Å²) in [5.41, 5.74) is -0.525. The van der Waals surface area contributed by atoms with Gasteiger partial charge in [-0.25, -0.2) is 4.79 Å². The smallest absolute Gasteiger partial charge is 0.328 e. The Balaban J connectivity index is 2.14. The van der Waals surface area contributed by atoms with Crippen LogP contribution >= 0.6 is 0 Å². The summed E-state index contributed by atoms with van der Waals surface area (Å²) in [6.07, 6.45) is 0.165. The minimum atomic E-state index is -0.658. The number of hydrogen-bond donors (Lipinski definition) is 2. The van der Waals surface area contributed by atoms with E-state index in [4.69, 9.17) is 4.74 Å². The molecule has 2 aromatic rings. The Kier molecular flexibility index (Phi) is 2.24. The average molecular weight is 261 g/mol. The number of benzene rings is 1. The van der Waals surface area contributed by atoms with Crippen molar-refractivity contribution in [1.29, 1.82) is 0 Å². The van der Waals surface area contributed by atoms with Crippen molar-refractivity contribution in [3.05, 3.63) is 60.3 Å². The van der Waals surface area contributed by atoms with Crippen LogP contribution in [0.15, 0.2) is 27.8 Å². The normalized spacial score (nSPS) is 12.2. The van der Waals surface area contributed by atoms with Gasteiger partial charge in [0.1, 0.15) is 5.75 Å². The Morgan fingerprint density at radius 1 is 1.26 bits per heavy atom. The van der Waals surface area contributed by atoms with Crippen LogP contribution in [-0.2, 0) is 6.42 Å². The molecule has 0 aliphatic carbocycles. The number of H-pyrrole nitrogens is 2. The van der Waals surface area contributed by atoms with Gasteiger partial charge in [0.15, 0.2) is 0 Å². The van der Waals surface area contributed by atoms with E-state index in [1.54, 1.807) is 0 Å². The minimum absolute atomic E-state index is 0.0772. The number of nitrogens with one attached hydrogen (secondary N) is 2. The Morgan fingerprint density at radius 2 is 2.05 bits per heavy atom. The lowest BCUT2D eigenvalue weighted by molar-refractivity contribution is -0.384. The first-order valence-corrected chi connectivity index (χ1v) is 5.35. The van der Waals surface area contributed by atoms with E-state index < -0.39 is 16.2 Å². The first-order chi connectivity index (χ1) is 9.04. The Hall–Kier alpha value is -2.90. The molecule has 2 N–H and O–H groups in total. The molecule has 1 aliphatic rings. The fourth-order valence-electron chi connectivity index (χ4n) is 1.96. The number of ether oxygens (including phenoxy) is 1. The van der Waals surface area contributed by atoms with Crippen molar-refractivity contribution >= 4 is 5.69 Å². The van der Waals surface area contributed by atoms with Crippen LogP contribution in [0, 0.1) is 10.1 Å². The fraction of sp³-hybridized carbons (Fsp3) is 0.0909. The highest BCUT2D eigenvalue weighted by atomic mass is 16.6. The van der Waals surface area contributed by atoms with Crippen molar-refractivity contribution in [3.63, 3.8) is 0 Å². The zero-order valence-corrected chi connectivity index (χ0v) is 9.43. The van der Waals surface area contributed by atoms with Gasteiger partial charge < -0.3 is 4.74 Å². The van der Waals surface area contributed by atoms with Crippen LogP contribution in [0.2, 0.25) is 0 Å². The van der Waals surface area contributed by atoms with Gasteiger partial charge in [0.25, 0.3) is 11.2 Å². The molecule has 0 amide bonds. The monoisotopic (exact) mass is 261 g/mol. The first-order valence-electron chi connectivity index (χ1n) is 5.35. The van der Waals surface area contributed by atoms with Crippen molar-refractivity contribution in [2.75, 3.05) is 0 Å². The zero-order chi connectivity index (χ0) is 13.6. The van der Waals surface area contributed by atoms with Crippen LogP contribution in [-0.4, -0.2) is 14.9 Å². The highest BCUT2D eigenvalue weighted by Crippen LogP contribution is 2.34. The molecule has 1 aromatic heterocycles. The van der Waals surface area contributed by atoms with Crippen molar-refractivity contribution < 1.29 is 9.66 Å². The summed E-state index contributed by atoms with van der Waals surface area (Å²) in [5, 5.41) is 10.7. The quantitative estimate of drug-likeness (QED) is 0.493. The number of nitro groups is 1. The first kappa shape index (κ1) is 11.2. The Morgan fingerprint density at radius 3 is 2.79 bits per heavy atom. The highest BCUT2D eigenvalue weighted by Gasteiger charge is 2.22. The van der Waals surface area contributed by atoms with Crippen molar-refractivity contribution in [2.45, 2.75) is 6.42 Å². The lowest BCUT2D eigenvalue weighted by Crippen LogP contribution is -2.27. The van der Waals surface area contributed by atoms with Gasteiger partial charge in [0, 0.05) is 24.1 Å². The maximum atomic E-state index is 11.6. The molecule has 0 spiro atoms. The molecule has 0 atom stereocenters. The molecule has 0 saturated carbocycles. The number of rotatable bonds is 1. The standard InChI is InChI=1S/C11H7N3O5/c15-9-7-4-5-3-6(14(17)18)1-2-8(5)19-10(7)13-11(16)12-9/h1-3H,4H2,(H2,12,13,15,16). The molecule has 1 aromatic carbocycles. The summed E-state index contributed by atoms with van der Waals surface area (Å²) in [4.78, 5) is 37.4. The average Bonchev–Trinajstić information content (AvgIpc) is 2.36. The number of fused-ring (bicyclic) bond motifs is 2. The van der Waals surface area contributed by atoms with Gasteiger partial charge in [-0.2, -0.15) is 0 Å². The molecule has 3 rings (SSSR count). The second-order valence-electron chi connectivity index (χ2n) is 4.04. The summed E-state index contributed by atoms with van der Waals surface area (Å²) in [5.74, 6) is 0.467. The molecule has 0 saturated heterocycles. The molecule has 0 unspecified atom stereocenters. The second-order valence-corrected chi connectivity index (χ2v) is 4.04. The number of nitro benzene ring substituents is 1. The van der Waals surface area contributed by atoms with E-state index in [1.165, 1.54) is 18.2 Å². The molecule has 19 heavy (non-hydrogen) atoms. The van der Waals surface area contributed by atoms with Gasteiger partial charge in [-0.1, -0.05) is 0 Å². The molecular weight excluding hydrogens is 254 g/mol. The molecule has 8 heteroatoms. The van der Waals surface area contributed by atoms with E-state index in [0.717, 1.165) is 0 Å². The van der Waals surface area contributed by atoms with Crippen LogP contribution in [0.1, 0.15) is 11.1 Å². The lowest BCUT2D eigenvalue weighted by Gasteiger charge is -2.17. The van der Waals surface area contributed by atoms with E-state index in [0.29, 0.717) is 11.3 Å². The predicted molar refractivity (Wildman–Crippen MR) is 63.7 cm³/mol. The van der Waals surface area contributed by atoms with E-state index in [2.05, 4.69) is 9.97 Å². The summed E-state index contributed by atoms with van der Waals surface area (Å²) in [6, 6.07) is 4.09. The van der Waals surface area contributed by atoms with Gasteiger partial charge >= 0.3 is 5.69 Å². The number of hydrogen-bond acceptors (Lipinski definition) is 5. The van der Waals surface area contributed by atoms with Crippen molar-refractivity contribution in [3.8, 4) is 11.6 Å². The lowest BCUT2D eigenvalue weighted by atomic mass is 10.0. The minimum Gasteiger partial charge on any atom is -0.440 e. The number of non-ortho nitro benzene ring substituents is 1. The maximum absolute atomic E-state index is 11.6. The van der Waals surface area contributed by atoms with Crippen LogP contribution in [0.4, 0.5) is 5.69 Å². The zero-order valence-electron chi connectivity index (χ0n) is 9.43. The highest BCUT2D eigenvalue weighted by molar-refractivity contribution is 5.50. The van der Waals surface area contributed by atoms with Gasteiger partial charge in [-0.3, -0.25) is 24.9 Å². The van der Waals surface area contributed by atoms with E-state index in [1.807, 2.05) is 0 Å². The van der Waals surface area contributed by atoms with Crippen LogP contribution in [0.25, 0.3) is 0 Å². The predicted octanol–water partition coefficient (Wildman–Crippen LogP) is 0.668. The molecule has 2 heterocycles. The molecular formula is C11H7N3O5. The molecule has 96 valence electrons. The van der Waals surface area contributed by atoms with Gasteiger partial charge in [0.05, 0.1) is 10.5 Å². The summed E-state index contributed by atoms with van der Waals surface area (Å²) in [7, 11) is 0. The molecule has 0 radical (unpaired) electrons. The van der Waals surface area contributed by atoms with Crippen molar-refractivity contribution in [1.82, 2.24) is 9.97 Å². The molecule has 0 fully saturated rings. The molecule has 8 nitrogen and oxygen atoms in total. The third kappa shape index (κ3) is 1.79. The van der Waals surface area contributed by atoms with Gasteiger partial charge in [-0.05, 0) is 6.07 Å². The van der Waals surface area contributed by atoms with Gasteiger partial charge in [0.2, 0.25) is 5.88 Å². The third-order valence-corrected chi connectivity index (χ3v) is 2.84. The van der Waals surface area contributed by atoms with Crippen LogP contribution < -0.4 is 16.0 Å². The van der Waals surface area contributed by atoms with E-state index in [9.17, 15) is 19.7 Å². The Labute approximate surface area is 104 Å². The van der Waals surface area contributed by atoms with Crippen LogP contribution in [0.3, 0.4) is 0 Å². The second kappa shape index (κ2) is 3.80. The largest absolute Gasteiger partial charge is 0.440 e. The number of aromatic nitrogens is 2. The van der Waals surface area contributed by atoms with E-state index in [-0.39, 0.29) is 23.6 Å². The SMILES string of the molecule is O=c1[nH]c2c(c(=O)[nH]1)Cc1cc([N+](=O)[O-])ccc1O2.